The highest BCUT2D eigenvalue weighted by Gasteiger charge is 2.19. The van der Waals surface area contributed by atoms with Crippen molar-refractivity contribution in [2.45, 2.75) is 45.6 Å². The maximum Gasteiger partial charge on any atom is 0.163 e. The van der Waals surface area contributed by atoms with E-state index in [9.17, 15) is 0 Å². The molecule has 0 bridgehead atoms. The van der Waals surface area contributed by atoms with Crippen LogP contribution < -0.4 is 20.9 Å². The minimum atomic E-state index is 0.0515. The topological polar surface area (TPSA) is 82.4 Å². The lowest BCUT2D eigenvalue weighted by molar-refractivity contribution is 0.389. The van der Waals surface area contributed by atoms with E-state index in [4.69, 9.17) is 4.98 Å². The van der Waals surface area contributed by atoms with Gasteiger partial charge in [-0.05, 0) is 50.8 Å². The Morgan fingerprint density at radius 1 is 1.19 bits per heavy atom. The van der Waals surface area contributed by atoms with E-state index in [1.165, 1.54) is 12.8 Å². The van der Waals surface area contributed by atoms with E-state index in [2.05, 4.69) is 58.9 Å². The molecule has 1 atom stereocenters. The van der Waals surface area contributed by atoms with Crippen molar-refractivity contribution in [2.75, 3.05) is 49.3 Å². The standard InChI is InChI=1S/C24H36N8/c1-16(2)20-15-28-32-22(29-17(3)19-7-6-10-26-23(19)31(4)5)13-21(30-24(20)32)27-14-18-8-11-25-12-9-18/h6-7,10,13,15-18,25,29H,8-9,11-12,14H2,1-5H3,(H,27,30)/t17-/m1/s1. The van der Waals surface area contributed by atoms with Crippen LogP contribution in [-0.2, 0) is 0 Å². The fraction of sp³-hybridized carbons (Fsp3) is 0.542. The number of nitrogens with one attached hydrogen (secondary N) is 3. The van der Waals surface area contributed by atoms with Crippen molar-refractivity contribution in [1.29, 1.82) is 0 Å². The number of aromatic nitrogens is 4. The Balaban J connectivity index is 1.64. The summed E-state index contributed by atoms with van der Waals surface area (Å²) in [7, 11) is 4.04. The van der Waals surface area contributed by atoms with E-state index >= 15 is 0 Å². The molecule has 1 fully saturated rings. The molecule has 0 aliphatic carbocycles. The number of anilines is 3. The SMILES string of the molecule is CC(C)c1cnn2c(N[C@H](C)c3cccnc3N(C)C)cc(NCC3CCNCC3)nc12. The van der Waals surface area contributed by atoms with Gasteiger partial charge in [0.05, 0.1) is 12.2 Å². The molecule has 3 aromatic heterocycles. The lowest BCUT2D eigenvalue weighted by Crippen LogP contribution is -2.31. The summed E-state index contributed by atoms with van der Waals surface area (Å²) >= 11 is 0. The first-order chi connectivity index (χ1) is 15.4. The van der Waals surface area contributed by atoms with Crippen LogP contribution in [0.4, 0.5) is 17.5 Å². The van der Waals surface area contributed by atoms with Crippen LogP contribution in [0.2, 0.25) is 0 Å². The lowest BCUT2D eigenvalue weighted by Gasteiger charge is -2.24. The molecule has 0 saturated carbocycles. The average Bonchev–Trinajstić information content (AvgIpc) is 3.23. The molecule has 8 nitrogen and oxygen atoms in total. The number of pyridine rings is 1. The minimum absolute atomic E-state index is 0.0515. The summed E-state index contributed by atoms with van der Waals surface area (Å²) in [5, 5.41) is 15.4. The van der Waals surface area contributed by atoms with Gasteiger partial charge in [0.15, 0.2) is 5.65 Å². The second kappa shape index (κ2) is 9.73. The normalized spacial score (nSPS) is 15.8. The van der Waals surface area contributed by atoms with E-state index in [0.29, 0.717) is 11.8 Å². The van der Waals surface area contributed by atoms with Crippen LogP contribution in [0.25, 0.3) is 5.65 Å². The molecule has 0 amide bonds. The van der Waals surface area contributed by atoms with Crippen molar-refractivity contribution >= 4 is 23.1 Å². The Bertz CT molecular complexity index is 1040. The molecule has 8 heteroatoms. The summed E-state index contributed by atoms with van der Waals surface area (Å²) in [6, 6.07) is 6.24. The van der Waals surface area contributed by atoms with Gasteiger partial charge in [0.2, 0.25) is 0 Å². The van der Waals surface area contributed by atoms with Gasteiger partial charge in [-0.15, -0.1) is 0 Å². The third kappa shape index (κ3) is 4.80. The van der Waals surface area contributed by atoms with Crippen molar-refractivity contribution in [2.24, 2.45) is 5.92 Å². The molecule has 172 valence electrons. The Morgan fingerprint density at radius 3 is 2.69 bits per heavy atom. The fourth-order valence-electron chi connectivity index (χ4n) is 4.34. The van der Waals surface area contributed by atoms with E-state index in [1.807, 2.05) is 42.0 Å². The first-order valence-electron chi connectivity index (χ1n) is 11.7. The molecule has 4 rings (SSSR count). The molecule has 1 aliphatic rings. The maximum absolute atomic E-state index is 4.94. The zero-order valence-electron chi connectivity index (χ0n) is 19.9. The van der Waals surface area contributed by atoms with Gasteiger partial charge in [-0.3, -0.25) is 0 Å². The van der Waals surface area contributed by atoms with Crippen molar-refractivity contribution in [3.8, 4) is 0 Å². The summed E-state index contributed by atoms with van der Waals surface area (Å²) in [5.74, 6) is 3.81. The van der Waals surface area contributed by atoms with Crippen LogP contribution in [0.3, 0.4) is 0 Å². The van der Waals surface area contributed by atoms with E-state index < -0.39 is 0 Å². The van der Waals surface area contributed by atoms with Gasteiger partial charge in [-0.25, -0.2) is 9.97 Å². The molecule has 0 radical (unpaired) electrons. The van der Waals surface area contributed by atoms with Crippen LogP contribution in [0.1, 0.15) is 56.7 Å². The predicted molar refractivity (Wildman–Crippen MR) is 132 cm³/mol. The molecule has 1 saturated heterocycles. The zero-order chi connectivity index (χ0) is 22.7. The number of rotatable bonds is 8. The monoisotopic (exact) mass is 436 g/mol. The number of piperidine rings is 1. The largest absolute Gasteiger partial charge is 0.370 e. The predicted octanol–water partition coefficient (Wildman–Crippen LogP) is 3.90. The molecule has 4 heterocycles. The highest BCUT2D eigenvalue weighted by Crippen LogP contribution is 2.29. The summed E-state index contributed by atoms with van der Waals surface area (Å²) in [5.41, 5.74) is 3.20. The summed E-state index contributed by atoms with van der Waals surface area (Å²) in [4.78, 5) is 11.6. The smallest absolute Gasteiger partial charge is 0.163 e. The number of fused-ring (bicyclic) bond motifs is 1. The second-order valence-electron chi connectivity index (χ2n) is 9.27. The van der Waals surface area contributed by atoms with Gasteiger partial charge in [-0.1, -0.05) is 19.9 Å². The highest BCUT2D eigenvalue weighted by molar-refractivity contribution is 5.62. The van der Waals surface area contributed by atoms with E-state index in [1.54, 1.807) is 0 Å². The second-order valence-corrected chi connectivity index (χ2v) is 9.27. The van der Waals surface area contributed by atoms with Gasteiger partial charge in [-0.2, -0.15) is 9.61 Å². The molecule has 3 aromatic rings. The van der Waals surface area contributed by atoms with Crippen LogP contribution in [-0.4, -0.2) is 53.3 Å². The number of hydrogen-bond acceptors (Lipinski definition) is 7. The summed E-state index contributed by atoms with van der Waals surface area (Å²) in [6.45, 7) is 9.67. The molecule has 0 aromatic carbocycles. The van der Waals surface area contributed by atoms with Crippen molar-refractivity contribution in [3.05, 3.63) is 41.7 Å². The first kappa shape index (κ1) is 22.3. The minimum Gasteiger partial charge on any atom is -0.370 e. The third-order valence-electron chi connectivity index (χ3n) is 6.22. The van der Waals surface area contributed by atoms with Crippen molar-refractivity contribution < 1.29 is 0 Å². The third-order valence-corrected chi connectivity index (χ3v) is 6.22. The van der Waals surface area contributed by atoms with Crippen LogP contribution >= 0.6 is 0 Å². The molecular weight excluding hydrogens is 400 g/mol. The first-order valence-corrected chi connectivity index (χ1v) is 11.7. The van der Waals surface area contributed by atoms with Gasteiger partial charge in [0.25, 0.3) is 0 Å². The Labute approximate surface area is 190 Å². The lowest BCUT2D eigenvalue weighted by atomic mass is 9.98. The van der Waals surface area contributed by atoms with Gasteiger partial charge in [0.1, 0.15) is 17.5 Å². The Kier molecular flexibility index (Phi) is 6.79. The van der Waals surface area contributed by atoms with Gasteiger partial charge >= 0.3 is 0 Å². The number of nitrogens with zero attached hydrogens (tertiary/aromatic N) is 5. The van der Waals surface area contributed by atoms with Crippen LogP contribution in [0.5, 0.6) is 0 Å². The van der Waals surface area contributed by atoms with E-state index in [0.717, 1.165) is 53.9 Å². The molecular formula is C24H36N8. The van der Waals surface area contributed by atoms with Crippen molar-refractivity contribution in [1.82, 2.24) is 24.9 Å². The highest BCUT2D eigenvalue weighted by atomic mass is 15.3. The van der Waals surface area contributed by atoms with Crippen molar-refractivity contribution in [3.63, 3.8) is 0 Å². The Hall–Kier alpha value is -2.87. The average molecular weight is 437 g/mol. The molecule has 3 N–H and O–H groups in total. The maximum atomic E-state index is 4.94. The van der Waals surface area contributed by atoms with Gasteiger partial charge in [0, 0.05) is 44.0 Å². The quantitative estimate of drug-likeness (QED) is 0.494. The van der Waals surface area contributed by atoms with Crippen LogP contribution in [0, 0.1) is 5.92 Å². The molecule has 0 spiro atoms. The summed E-state index contributed by atoms with van der Waals surface area (Å²) < 4.78 is 1.92. The summed E-state index contributed by atoms with van der Waals surface area (Å²) in [6.07, 6.45) is 6.18. The molecule has 0 unspecified atom stereocenters. The molecule has 1 aliphatic heterocycles. The van der Waals surface area contributed by atoms with Crippen LogP contribution in [0.15, 0.2) is 30.6 Å². The van der Waals surface area contributed by atoms with Gasteiger partial charge < -0.3 is 20.9 Å². The fourth-order valence-corrected chi connectivity index (χ4v) is 4.34. The molecule has 32 heavy (non-hydrogen) atoms. The number of hydrogen-bond donors (Lipinski definition) is 3. The zero-order valence-corrected chi connectivity index (χ0v) is 19.9. The van der Waals surface area contributed by atoms with E-state index in [-0.39, 0.29) is 6.04 Å². The Morgan fingerprint density at radius 2 is 1.97 bits per heavy atom.